The molecule has 0 aliphatic heterocycles. The molecule has 0 bridgehead atoms. The molecule has 0 saturated carbocycles. The Hall–Kier alpha value is -2.22. The molecule has 0 N–H and O–H groups in total. The lowest BCUT2D eigenvalue weighted by Gasteiger charge is -2.08. The first kappa shape index (κ1) is 13.2. The Bertz CT molecular complexity index is 577. The van der Waals surface area contributed by atoms with Crippen molar-refractivity contribution in [2.45, 2.75) is 6.92 Å². The van der Waals surface area contributed by atoms with E-state index >= 15 is 0 Å². The van der Waals surface area contributed by atoms with E-state index < -0.39 is 0 Å². The van der Waals surface area contributed by atoms with E-state index in [-0.39, 0.29) is 11.6 Å². The van der Waals surface area contributed by atoms with Crippen molar-refractivity contribution in [2.75, 3.05) is 0 Å². The summed E-state index contributed by atoms with van der Waals surface area (Å²) >= 11 is 0. The molecule has 2 heteroatoms. The van der Waals surface area contributed by atoms with E-state index in [0.29, 0.717) is 0 Å². The minimum Gasteiger partial charge on any atom is -0.207 e. The molecule has 0 spiro atoms. The van der Waals surface area contributed by atoms with Crippen LogP contribution in [-0.2, 0) is 0 Å². The van der Waals surface area contributed by atoms with Crippen molar-refractivity contribution >= 4 is 5.57 Å². The normalized spacial score (nSPS) is 10.7. The van der Waals surface area contributed by atoms with Crippen LogP contribution in [0.5, 0.6) is 0 Å². The molecule has 96 valence electrons. The lowest BCUT2D eigenvalue weighted by Crippen LogP contribution is -1.90. The van der Waals surface area contributed by atoms with E-state index in [1.54, 1.807) is 12.1 Å². The first-order chi connectivity index (χ1) is 9.20. The average Bonchev–Trinajstić information content (AvgIpc) is 2.39. The van der Waals surface area contributed by atoms with E-state index in [1.807, 2.05) is 37.3 Å². The van der Waals surface area contributed by atoms with Gasteiger partial charge in [-0.25, -0.2) is 8.78 Å². The van der Waals surface area contributed by atoms with Gasteiger partial charge in [-0.3, -0.25) is 0 Å². The summed E-state index contributed by atoms with van der Waals surface area (Å²) in [5.41, 5.74) is 2.24. The molecule has 0 heterocycles. The molecule has 0 aliphatic carbocycles. The van der Waals surface area contributed by atoms with Crippen LogP contribution < -0.4 is 0 Å². The van der Waals surface area contributed by atoms with Gasteiger partial charge in [0.2, 0.25) is 0 Å². The maximum atomic E-state index is 13.3. The van der Waals surface area contributed by atoms with Crippen LogP contribution in [0.2, 0.25) is 0 Å². The second-order valence-electron chi connectivity index (χ2n) is 4.13. The van der Waals surface area contributed by atoms with Crippen molar-refractivity contribution in [3.8, 4) is 0 Å². The van der Waals surface area contributed by atoms with Crippen LogP contribution in [0.25, 0.3) is 5.57 Å². The SMILES string of the molecule is C/C=C/C=C(c1cccc(F)c1)c1cccc(F)c1. The Balaban J connectivity index is 2.54. The van der Waals surface area contributed by atoms with E-state index in [0.717, 1.165) is 16.7 Å². The summed E-state index contributed by atoms with van der Waals surface area (Å²) in [6.07, 6.45) is 5.58. The summed E-state index contributed by atoms with van der Waals surface area (Å²) in [7, 11) is 0. The minimum absolute atomic E-state index is 0.305. The van der Waals surface area contributed by atoms with Crippen molar-refractivity contribution in [3.05, 3.63) is 89.5 Å². The molecule has 0 fully saturated rings. The molecule has 2 rings (SSSR count). The molecule has 2 aromatic rings. The minimum atomic E-state index is -0.305. The zero-order chi connectivity index (χ0) is 13.7. The zero-order valence-corrected chi connectivity index (χ0v) is 10.6. The maximum Gasteiger partial charge on any atom is 0.123 e. The standard InChI is InChI=1S/C17H14F2/c1-2-3-10-17(13-6-4-8-15(18)11-13)14-7-5-9-16(19)12-14/h2-12H,1H3/b3-2+. The van der Waals surface area contributed by atoms with Crippen LogP contribution in [0.1, 0.15) is 18.1 Å². The van der Waals surface area contributed by atoms with Gasteiger partial charge in [-0.05, 0) is 47.9 Å². The lowest BCUT2D eigenvalue weighted by atomic mass is 9.97. The van der Waals surface area contributed by atoms with E-state index in [9.17, 15) is 8.78 Å². The number of halogens is 2. The fourth-order valence-corrected chi connectivity index (χ4v) is 1.86. The van der Waals surface area contributed by atoms with Crippen molar-refractivity contribution in [2.24, 2.45) is 0 Å². The number of hydrogen-bond acceptors (Lipinski definition) is 0. The first-order valence-electron chi connectivity index (χ1n) is 6.05. The molecule has 0 amide bonds. The zero-order valence-electron chi connectivity index (χ0n) is 10.6. The Kier molecular flexibility index (Phi) is 4.24. The maximum absolute atomic E-state index is 13.3. The van der Waals surface area contributed by atoms with Crippen molar-refractivity contribution < 1.29 is 8.78 Å². The summed E-state index contributed by atoms with van der Waals surface area (Å²) in [5, 5.41) is 0. The molecule has 0 aliphatic rings. The highest BCUT2D eigenvalue weighted by molar-refractivity contribution is 5.80. The summed E-state index contributed by atoms with van der Waals surface area (Å²) in [5.74, 6) is -0.611. The Morgan fingerprint density at radius 1 is 0.895 bits per heavy atom. The molecule has 0 unspecified atom stereocenters. The van der Waals surface area contributed by atoms with Gasteiger partial charge in [0.25, 0.3) is 0 Å². The van der Waals surface area contributed by atoms with Gasteiger partial charge in [0.15, 0.2) is 0 Å². The average molecular weight is 256 g/mol. The molecule has 0 aromatic heterocycles. The highest BCUT2D eigenvalue weighted by Gasteiger charge is 2.06. The van der Waals surface area contributed by atoms with E-state index in [2.05, 4.69) is 0 Å². The van der Waals surface area contributed by atoms with Crippen LogP contribution in [0.4, 0.5) is 8.78 Å². The smallest absolute Gasteiger partial charge is 0.123 e. The van der Waals surface area contributed by atoms with Crippen LogP contribution in [0, 0.1) is 11.6 Å². The first-order valence-corrected chi connectivity index (χ1v) is 6.05. The lowest BCUT2D eigenvalue weighted by molar-refractivity contribution is 0.627. The van der Waals surface area contributed by atoms with Gasteiger partial charge in [-0.2, -0.15) is 0 Å². The molecule has 2 aromatic carbocycles. The van der Waals surface area contributed by atoms with Gasteiger partial charge < -0.3 is 0 Å². The summed E-state index contributed by atoms with van der Waals surface area (Å²) in [6.45, 7) is 1.89. The third kappa shape index (κ3) is 3.38. The van der Waals surface area contributed by atoms with E-state index in [1.165, 1.54) is 24.3 Å². The fraction of sp³-hybridized carbons (Fsp3) is 0.0588. The molecular formula is C17H14F2. The monoisotopic (exact) mass is 256 g/mol. The largest absolute Gasteiger partial charge is 0.207 e. The van der Waals surface area contributed by atoms with Gasteiger partial charge >= 0.3 is 0 Å². The number of hydrogen-bond donors (Lipinski definition) is 0. The molecule has 0 radical (unpaired) electrons. The Labute approximate surface area is 111 Å². The predicted molar refractivity (Wildman–Crippen MR) is 74.7 cm³/mol. The highest BCUT2D eigenvalue weighted by atomic mass is 19.1. The van der Waals surface area contributed by atoms with Crippen LogP contribution in [0.3, 0.4) is 0 Å². The number of rotatable bonds is 3. The Morgan fingerprint density at radius 3 is 1.84 bits per heavy atom. The van der Waals surface area contributed by atoms with Crippen LogP contribution in [0.15, 0.2) is 66.8 Å². The van der Waals surface area contributed by atoms with Crippen molar-refractivity contribution in [1.82, 2.24) is 0 Å². The van der Waals surface area contributed by atoms with Gasteiger partial charge in [0.1, 0.15) is 11.6 Å². The third-order valence-electron chi connectivity index (χ3n) is 2.73. The summed E-state index contributed by atoms with van der Waals surface area (Å²) < 4.78 is 26.7. The molecule has 0 saturated heterocycles. The number of allylic oxidation sites excluding steroid dienone is 3. The topological polar surface area (TPSA) is 0 Å². The van der Waals surface area contributed by atoms with E-state index in [4.69, 9.17) is 0 Å². The molecular weight excluding hydrogens is 242 g/mol. The fourth-order valence-electron chi connectivity index (χ4n) is 1.86. The Morgan fingerprint density at radius 2 is 1.42 bits per heavy atom. The van der Waals surface area contributed by atoms with Gasteiger partial charge in [0, 0.05) is 0 Å². The highest BCUT2D eigenvalue weighted by Crippen LogP contribution is 2.24. The molecule has 0 nitrogen and oxygen atoms in total. The summed E-state index contributed by atoms with van der Waals surface area (Å²) in [6, 6.07) is 12.6. The van der Waals surface area contributed by atoms with Crippen LogP contribution in [-0.4, -0.2) is 0 Å². The van der Waals surface area contributed by atoms with Gasteiger partial charge in [-0.1, -0.05) is 42.5 Å². The second-order valence-corrected chi connectivity index (χ2v) is 4.13. The quantitative estimate of drug-likeness (QED) is 0.680. The van der Waals surface area contributed by atoms with Gasteiger partial charge in [0.05, 0.1) is 0 Å². The predicted octanol–water partition coefficient (Wildman–Crippen LogP) is 4.97. The van der Waals surface area contributed by atoms with Crippen LogP contribution >= 0.6 is 0 Å². The van der Waals surface area contributed by atoms with Gasteiger partial charge in [-0.15, -0.1) is 0 Å². The van der Waals surface area contributed by atoms with Crippen molar-refractivity contribution in [3.63, 3.8) is 0 Å². The molecule has 0 atom stereocenters. The molecule has 19 heavy (non-hydrogen) atoms. The summed E-state index contributed by atoms with van der Waals surface area (Å²) in [4.78, 5) is 0. The number of benzene rings is 2. The third-order valence-corrected chi connectivity index (χ3v) is 2.73. The van der Waals surface area contributed by atoms with Crippen molar-refractivity contribution in [1.29, 1.82) is 0 Å². The second kappa shape index (κ2) is 6.10.